The standard InChI is InChI=1S/C29H28N4O3/c1-4-36-29(35)26(19(2)34)27(20-12-6-5-7-13-20)28(33-25-17-11-9-15-23(25)30-31-33)22-18-32(3)24-16-10-8-14-21(22)24/h5-18,27-28,34H,4H2,1-3H3. The van der Waals surface area contributed by atoms with Crippen molar-refractivity contribution in [2.24, 2.45) is 7.05 Å². The van der Waals surface area contributed by atoms with E-state index in [4.69, 9.17) is 4.74 Å². The zero-order valence-electron chi connectivity index (χ0n) is 20.5. The highest BCUT2D eigenvalue weighted by molar-refractivity contribution is 5.92. The highest BCUT2D eigenvalue weighted by Gasteiger charge is 2.38. The number of esters is 1. The molecule has 0 saturated carbocycles. The van der Waals surface area contributed by atoms with Crippen molar-refractivity contribution >= 4 is 27.9 Å². The average molecular weight is 481 g/mol. The minimum atomic E-state index is -0.605. The summed E-state index contributed by atoms with van der Waals surface area (Å²) in [7, 11) is 2.00. The number of aliphatic hydroxyl groups is 1. The molecule has 36 heavy (non-hydrogen) atoms. The summed E-state index contributed by atoms with van der Waals surface area (Å²) in [6, 6.07) is 25.1. The minimum absolute atomic E-state index is 0.0861. The van der Waals surface area contributed by atoms with Gasteiger partial charge in [0.1, 0.15) is 11.3 Å². The number of ether oxygens (including phenoxy) is 1. The molecule has 182 valence electrons. The van der Waals surface area contributed by atoms with Gasteiger partial charge in [-0.3, -0.25) is 0 Å². The Kier molecular flexibility index (Phi) is 6.29. The average Bonchev–Trinajstić information content (AvgIpc) is 3.46. The number of aromatic nitrogens is 4. The lowest BCUT2D eigenvalue weighted by molar-refractivity contribution is -0.139. The summed E-state index contributed by atoms with van der Waals surface area (Å²) in [5.41, 5.74) is 4.64. The summed E-state index contributed by atoms with van der Waals surface area (Å²) in [5, 5.41) is 20.9. The number of allylic oxidation sites excluding steroid dienone is 1. The van der Waals surface area contributed by atoms with Crippen molar-refractivity contribution in [1.29, 1.82) is 0 Å². The number of nitrogens with zero attached hydrogens (tertiary/aromatic N) is 4. The fourth-order valence-electron chi connectivity index (χ4n) is 5.03. The van der Waals surface area contributed by atoms with E-state index in [2.05, 4.69) is 33.2 Å². The van der Waals surface area contributed by atoms with Crippen molar-refractivity contribution < 1.29 is 14.6 Å². The zero-order valence-corrected chi connectivity index (χ0v) is 20.5. The van der Waals surface area contributed by atoms with Crippen LogP contribution in [0.25, 0.3) is 21.9 Å². The van der Waals surface area contributed by atoms with E-state index < -0.39 is 17.9 Å². The molecule has 0 fully saturated rings. The summed E-state index contributed by atoms with van der Waals surface area (Å²) >= 11 is 0. The maximum absolute atomic E-state index is 13.3. The van der Waals surface area contributed by atoms with Gasteiger partial charge in [0.05, 0.1) is 23.7 Å². The first-order valence-electron chi connectivity index (χ1n) is 12.0. The Morgan fingerprint density at radius 2 is 1.64 bits per heavy atom. The van der Waals surface area contributed by atoms with Crippen molar-refractivity contribution in [3.63, 3.8) is 0 Å². The molecule has 0 bridgehead atoms. The van der Waals surface area contributed by atoms with E-state index in [-0.39, 0.29) is 17.9 Å². The zero-order chi connectivity index (χ0) is 25.2. The molecule has 7 heteroatoms. The number of carbonyl (C=O) groups is 1. The summed E-state index contributed by atoms with van der Waals surface area (Å²) in [6.07, 6.45) is 2.07. The molecule has 3 aromatic carbocycles. The van der Waals surface area contributed by atoms with Gasteiger partial charge in [-0.05, 0) is 37.6 Å². The molecule has 1 N–H and O–H groups in total. The summed E-state index contributed by atoms with van der Waals surface area (Å²) < 4.78 is 9.37. The van der Waals surface area contributed by atoms with Crippen LogP contribution < -0.4 is 0 Å². The minimum Gasteiger partial charge on any atom is -0.512 e. The van der Waals surface area contributed by atoms with Gasteiger partial charge in [-0.25, -0.2) is 9.48 Å². The molecule has 2 aromatic heterocycles. The third-order valence-electron chi connectivity index (χ3n) is 6.56. The number of fused-ring (bicyclic) bond motifs is 2. The quantitative estimate of drug-likeness (QED) is 0.184. The van der Waals surface area contributed by atoms with E-state index in [9.17, 15) is 9.90 Å². The van der Waals surface area contributed by atoms with Gasteiger partial charge < -0.3 is 14.4 Å². The van der Waals surface area contributed by atoms with Crippen LogP contribution in [0, 0.1) is 0 Å². The molecule has 2 heterocycles. The number of carbonyl (C=O) groups excluding carboxylic acids is 1. The van der Waals surface area contributed by atoms with Crippen LogP contribution in [0.15, 0.2) is 96.4 Å². The van der Waals surface area contributed by atoms with Crippen LogP contribution in [0.5, 0.6) is 0 Å². The van der Waals surface area contributed by atoms with Crippen LogP contribution in [0.4, 0.5) is 0 Å². The SMILES string of the molecule is CCOC(=O)C(=C(C)O)C(c1ccccc1)C(c1cn(C)c2ccccc12)n1nnc2ccccc21. The van der Waals surface area contributed by atoms with E-state index >= 15 is 0 Å². The summed E-state index contributed by atoms with van der Waals surface area (Å²) in [5.74, 6) is -1.25. The number of hydrogen-bond donors (Lipinski definition) is 1. The highest BCUT2D eigenvalue weighted by Crippen LogP contribution is 2.44. The van der Waals surface area contributed by atoms with E-state index in [0.29, 0.717) is 0 Å². The van der Waals surface area contributed by atoms with E-state index in [1.807, 2.05) is 78.5 Å². The molecular formula is C29H28N4O3. The summed E-state index contributed by atoms with van der Waals surface area (Å²) in [6.45, 7) is 3.48. The van der Waals surface area contributed by atoms with Crippen molar-refractivity contribution in [3.05, 3.63) is 108 Å². The van der Waals surface area contributed by atoms with Crippen molar-refractivity contribution in [2.45, 2.75) is 25.8 Å². The highest BCUT2D eigenvalue weighted by atomic mass is 16.5. The van der Waals surface area contributed by atoms with Gasteiger partial charge in [0, 0.05) is 35.6 Å². The Morgan fingerprint density at radius 1 is 0.972 bits per heavy atom. The normalized spacial score (nSPS) is 14.0. The van der Waals surface area contributed by atoms with Crippen LogP contribution in [-0.2, 0) is 16.6 Å². The van der Waals surface area contributed by atoms with Gasteiger partial charge in [-0.1, -0.05) is 65.9 Å². The molecule has 0 saturated heterocycles. The Labute approximate surface area is 209 Å². The molecule has 0 aliphatic carbocycles. The monoisotopic (exact) mass is 480 g/mol. The van der Waals surface area contributed by atoms with Gasteiger partial charge in [-0.15, -0.1) is 5.10 Å². The summed E-state index contributed by atoms with van der Waals surface area (Å²) in [4.78, 5) is 13.3. The number of aliphatic hydroxyl groups excluding tert-OH is 1. The molecule has 7 nitrogen and oxygen atoms in total. The third kappa shape index (κ3) is 4.02. The van der Waals surface area contributed by atoms with Crippen LogP contribution in [-0.4, -0.2) is 37.2 Å². The first-order chi connectivity index (χ1) is 17.5. The molecule has 0 aliphatic heterocycles. The van der Waals surface area contributed by atoms with Crippen LogP contribution >= 0.6 is 0 Å². The fraction of sp³-hybridized carbons (Fsp3) is 0.207. The Hall–Kier alpha value is -4.39. The van der Waals surface area contributed by atoms with E-state index in [1.165, 1.54) is 6.92 Å². The second-order valence-corrected chi connectivity index (χ2v) is 8.79. The number of para-hydroxylation sites is 2. The van der Waals surface area contributed by atoms with E-state index in [1.54, 1.807) is 6.92 Å². The first-order valence-corrected chi connectivity index (χ1v) is 12.0. The third-order valence-corrected chi connectivity index (χ3v) is 6.56. The van der Waals surface area contributed by atoms with Gasteiger partial charge in [0.25, 0.3) is 0 Å². The van der Waals surface area contributed by atoms with Crippen molar-refractivity contribution in [2.75, 3.05) is 6.61 Å². The van der Waals surface area contributed by atoms with Gasteiger partial charge >= 0.3 is 5.97 Å². The predicted octanol–water partition coefficient (Wildman–Crippen LogP) is 5.69. The van der Waals surface area contributed by atoms with Crippen molar-refractivity contribution in [1.82, 2.24) is 19.6 Å². The molecule has 2 unspecified atom stereocenters. The molecule has 0 aliphatic rings. The lowest BCUT2D eigenvalue weighted by Gasteiger charge is -2.30. The smallest absolute Gasteiger partial charge is 0.338 e. The largest absolute Gasteiger partial charge is 0.512 e. The Morgan fingerprint density at radius 3 is 2.36 bits per heavy atom. The lowest BCUT2D eigenvalue weighted by atomic mass is 9.80. The molecule has 0 amide bonds. The van der Waals surface area contributed by atoms with Gasteiger partial charge in [0.15, 0.2) is 0 Å². The molecule has 0 radical (unpaired) electrons. The number of benzene rings is 3. The van der Waals surface area contributed by atoms with Crippen LogP contribution in [0.3, 0.4) is 0 Å². The second-order valence-electron chi connectivity index (χ2n) is 8.79. The second kappa shape index (κ2) is 9.70. The maximum Gasteiger partial charge on any atom is 0.338 e. The van der Waals surface area contributed by atoms with Gasteiger partial charge in [-0.2, -0.15) is 0 Å². The topological polar surface area (TPSA) is 82.2 Å². The van der Waals surface area contributed by atoms with Crippen molar-refractivity contribution in [3.8, 4) is 0 Å². The molecule has 0 spiro atoms. The Bertz CT molecular complexity index is 1560. The first kappa shape index (κ1) is 23.4. The predicted molar refractivity (Wildman–Crippen MR) is 140 cm³/mol. The number of rotatable bonds is 7. The number of hydrogen-bond acceptors (Lipinski definition) is 5. The maximum atomic E-state index is 13.3. The molecular weight excluding hydrogens is 452 g/mol. The molecule has 5 rings (SSSR count). The molecule has 2 atom stereocenters. The van der Waals surface area contributed by atoms with E-state index in [0.717, 1.165) is 33.1 Å². The Balaban J connectivity index is 1.87. The number of aryl methyl sites for hydroxylation is 1. The van der Waals surface area contributed by atoms with Crippen LogP contribution in [0.2, 0.25) is 0 Å². The van der Waals surface area contributed by atoms with Crippen LogP contribution in [0.1, 0.15) is 36.9 Å². The molecule has 5 aromatic rings. The lowest BCUT2D eigenvalue weighted by Crippen LogP contribution is -2.27. The fourth-order valence-corrected chi connectivity index (χ4v) is 5.03. The van der Waals surface area contributed by atoms with Gasteiger partial charge in [0.2, 0.25) is 0 Å².